The van der Waals surface area contributed by atoms with Crippen molar-refractivity contribution in [3.8, 4) is 5.69 Å². The van der Waals surface area contributed by atoms with Crippen LogP contribution in [0.25, 0.3) is 5.69 Å². The molecule has 0 saturated carbocycles. The van der Waals surface area contributed by atoms with Gasteiger partial charge < -0.3 is 0 Å². The van der Waals surface area contributed by atoms with E-state index in [-0.39, 0.29) is 6.42 Å². The van der Waals surface area contributed by atoms with Crippen LogP contribution in [0.5, 0.6) is 0 Å². The molecule has 0 spiro atoms. The monoisotopic (exact) mass is 311 g/mol. The van der Waals surface area contributed by atoms with Crippen molar-refractivity contribution >= 4 is 25.8 Å². The molecule has 104 valence electrons. The molecule has 1 aromatic carbocycles. The Morgan fingerprint density at radius 3 is 2.55 bits per heavy atom. The molecule has 0 bridgehead atoms. The number of benzene rings is 1. The molecule has 2 heterocycles. The summed E-state index contributed by atoms with van der Waals surface area (Å²) in [6, 6.07) is 8.82. The first-order valence-electron chi connectivity index (χ1n) is 5.83. The number of β-lactam (4-membered cyclic amide) rings is 1. The van der Waals surface area contributed by atoms with E-state index in [1.165, 1.54) is 0 Å². The number of amides is 1. The Morgan fingerprint density at radius 2 is 1.95 bits per heavy atom. The predicted molar refractivity (Wildman–Crippen MR) is 72.5 cm³/mol. The van der Waals surface area contributed by atoms with Crippen molar-refractivity contribution in [1.82, 2.24) is 14.1 Å². The second-order valence-corrected chi connectivity index (χ2v) is 6.79. The number of aromatic nitrogens is 2. The highest BCUT2D eigenvalue weighted by Crippen LogP contribution is 2.38. The average molecular weight is 312 g/mol. The highest BCUT2D eigenvalue weighted by molar-refractivity contribution is 8.12. The van der Waals surface area contributed by atoms with Crippen LogP contribution in [0.1, 0.15) is 18.0 Å². The van der Waals surface area contributed by atoms with Gasteiger partial charge in [0.2, 0.25) is 5.91 Å². The van der Waals surface area contributed by atoms with Crippen LogP contribution in [0.15, 0.2) is 42.7 Å². The molecule has 1 unspecified atom stereocenters. The lowest BCUT2D eigenvalue weighted by molar-refractivity contribution is -0.137. The van der Waals surface area contributed by atoms with E-state index >= 15 is 0 Å². The van der Waals surface area contributed by atoms with Crippen molar-refractivity contribution in [2.45, 2.75) is 12.5 Å². The van der Waals surface area contributed by atoms with Crippen LogP contribution in [0.2, 0.25) is 0 Å². The molecular weight excluding hydrogens is 302 g/mol. The van der Waals surface area contributed by atoms with Crippen LogP contribution in [0.3, 0.4) is 0 Å². The summed E-state index contributed by atoms with van der Waals surface area (Å²) < 4.78 is 25.0. The van der Waals surface area contributed by atoms with Gasteiger partial charge in [-0.3, -0.25) is 4.79 Å². The van der Waals surface area contributed by atoms with Crippen molar-refractivity contribution in [2.75, 3.05) is 0 Å². The fraction of sp³-hybridized carbons (Fsp3) is 0.167. The van der Waals surface area contributed by atoms with Crippen LogP contribution in [-0.4, -0.2) is 28.4 Å². The Kier molecular flexibility index (Phi) is 3.02. The van der Waals surface area contributed by atoms with Crippen molar-refractivity contribution < 1.29 is 13.2 Å². The Bertz CT molecular complexity index is 757. The molecule has 1 fully saturated rings. The molecule has 3 rings (SSSR count). The topological polar surface area (TPSA) is 72.3 Å². The molecule has 6 nitrogen and oxygen atoms in total. The first-order chi connectivity index (χ1) is 9.47. The molecule has 0 aliphatic carbocycles. The maximum atomic E-state index is 11.4. The maximum Gasteiger partial charge on any atom is 0.324 e. The Morgan fingerprint density at radius 1 is 1.25 bits per heavy atom. The van der Waals surface area contributed by atoms with Gasteiger partial charge in [-0.2, -0.15) is 13.5 Å². The lowest BCUT2D eigenvalue weighted by Gasteiger charge is -2.36. The Labute approximate surface area is 120 Å². The van der Waals surface area contributed by atoms with Crippen LogP contribution in [0, 0.1) is 0 Å². The average Bonchev–Trinajstić information content (AvgIpc) is 2.83. The fourth-order valence-electron chi connectivity index (χ4n) is 2.16. The van der Waals surface area contributed by atoms with Crippen molar-refractivity contribution in [3.05, 3.63) is 48.3 Å². The van der Waals surface area contributed by atoms with Gasteiger partial charge in [-0.1, -0.05) is 18.2 Å². The van der Waals surface area contributed by atoms with E-state index in [2.05, 4.69) is 5.10 Å². The molecule has 20 heavy (non-hydrogen) atoms. The molecule has 1 atom stereocenters. The summed E-state index contributed by atoms with van der Waals surface area (Å²) in [5.41, 5.74) is 1.49. The molecule has 1 aliphatic heterocycles. The zero-order chi connectivity index (χ0) is 14.3. The van der Waals surface area contributed by atoms with Crippen LogP contribution in [-0.2, 0) is 14.0 Å². The van der Waals surface area contributed by atoms with Crippen molar-refractivity contribution in [3.63, 3.8) is 0 Å². The molecule has 1 amide bonds. The Balaban J connectivity index is 1.90. The van der Waals surface area contributed by atoms with E-state index < -0.39 is 21.2 Å². The van der Waals surface area contributed by atoms with E-state index in [1.54, 1.807) is 17.1 Å². The second kappa shape index (κ2) is 4.60. The summed E-state index contributed by atoms with van der Waals surface area (Å²) >= 11 is 0. The lowest BCUT2D eigenvalue weighted by Crippen LogP contribution is -2.47. The van der Waals surface area contributed by atoms with Crippen molar-refractivity contribution in [1.29, 1.82) is 0 Å². The normalized spacial score (nSPS) is 18.9. The minimum atomic E-state index is -4.05. The second-order valence-electron chi connectivity index (χ2n) is 4.41. The van der Waals surface area contributed by atoms with E-state index in [9.17, 15) is 13.2 Å². The van der Waals surface area contributed by atoms with Gasteiger partial charge in [0.05, 0.1) is 24.3 Å². The molecule has 2 aromatic rings. The third-order valence-corrected chi connectivity index (χ3v) is 4.51. The third-order valence-electron chi connectivity index (χ3n) is 3.14. The quantitative estimate of drug-likeness (QED) is 0.638. The summed E-state index contributed by atoms with van der Waals surface area (Å²) in [6.45, 7) is 0. The molecule has 0 radical (unpaired) electrons. The highest BCUT2D eigenvalue weighted by atomic mass is 35.7. The fourth-order valence-corrected chi connectivity index (χ4v) is 3.49. The van der Waals surface area contributed by atoms with Gasteiger partial charge in [0, 0.05) is 22.4 Å². The van der Waals surface area contributed by atoms with Gasteiger partial charge in [-0.15, -0.1) is 0 Å². The first-order valence-corrected chi connectivity index (χ1v) is 8.10. The summed E-state index contributed by atoms with van der Waals surface area (Å²) in [5.74, 6) is -0.502. The largest absolute Gasteiger partial charge is 0.324 e. The first kappa shape index (κ1) is 13.1. The number of carbonyl (C=O) groups is 1. The molecule has 1 aliphatic rings. The Hall–Kier alpha value is -1.86. The van der Waals surface area contributed by atoms with Crippen LogP contribution in [0.4, 0.5) is 0 Å². The van der Waals surface area contributed by atoms with Gasteiger partial charge >= 0.3 is 9.24 Å². The van der Waals surface area contributed by atoms with E-state index in [1.807, 2.05) is 30.3 Å². The van der Waals surface area contributed by atoms with E-state index in [4.69, 9.17) is 10.7 Å². The summed E-state index contributed by atoms with van der Waals surface area (Å²) in [5, 5.41) is 4.17. The predicted octanol–water partition coefficient (Wildman–Crippen LogP) is 1.63. The molecule has 1 saturated heterocycles. The zero-order valence-corrected chi connectivity index (χ0v) is 11.8. The molecule has 8 heteroatoms. The molecule has 0 N–H and O–H groups in total. The van der Waals surface area contributed by atoms with Gasteiger partial charge in [-0.05, 0) is 12.1 Å². The van der Waals surface area contributed by atoms with Crippen molar-refractivity contribution in [2.24, 2.45) is 0 Å². The molecular formula is C12H10ClN3O3S. The third kappa shape index (κ3) is 2.19. The maximum absolute atomic E-state index is 11.4. The van der Waals surface area contributed by atoms with Gasteiger partial charge in [0.1, 0.15) is 0 Å². The number of para-hydroxylation sites is 1. The van der Waals surface area contributed by atoms with E-state index in [0.29, 0.717) is 9.87 Å². The number of nitrogens with zero attached hydrogens (tertiary/aromatic N) is 3. The number of rotatable bonds is 3. The zero-order valence-electron chi connectivity index (χ0n) is 10.2. The van der Waals surface area contributed by atoms with Gasteiger partial charge in [-0.25, -0.2) is 8.99 Å². The number of halogens is 1. The highest BCUT2D eigenvalue weighted by Gasteiger charge is 2.45. The smallest absolute Gasteiger partial charge is 0.274 e. The van der Waals surface area contributed by atoms with Crippen LogP contribution >= 0.6 is 10.7 Å². The lowest BCUT2D eigenvalue weighted by atomic mass is 10.0. The minimum Gasteiger partial charge on any atom is -0.274 e. The summed E-state index contributed by atoms with van der Waals surface area (Å²) in [7, 11) is 1.20. The standard InChI is InChI=1S/C12H10ClN3O3S/c13-20(18,19)16-11(6-12(16)17)9-7-14-15(8-9)10-4-2-1-3-5-10/h1-5,7-8,11H,6H2. The van der Waals surface area contributed by atoms with Crippen LogP contribution < -0.4 is 0 Å². The number of carbonyl (C=O) groups excluding carboxylic acids is 1. The SMILES string of the molecule is O=C1CC(c2cnn(-c3ccccc3)c2)N1S(=O)(=O)Cl. The number of hydrogen-bond donors (Lipinski definition) is 0. The van der Waals surface area contributed by atoms with Gasteiger partial charge in [0.25, 0.3) is 0 Å². The van der Waals surface area contributed by atoms with E-state index in [0.717, 1.165) is 5.69 Å². The summed E-state index contributed by atoms with van der Waals surface area (Å²) in [6.07, 6.45) is 3.35. The minimum absolute atomic E-state index is 0.117. The summed E-state index contributed by atoms with van der Waals surface area (Å²) in [4.78, 5) is 11.4. The molecule has 1 aromatic heterocycles. The van der Waals surface area contributed by atoms with Gasteiger partial charge in [0.15, 0.2) is 0 Å². The number of hydrogen-bond acceptors (Lipinski definition) is 4.